The first-order chi connectivity index (χ1) is 8.97. The number of hydrogen-bond acceptors (Lipinski definition) is 2. The van der Waals surface area contributed by atoms with Crippen LogP contribution in [0.2, 0.25) is 0 Å². The van der Waals surface area contributed by atoms with E-state index in [1.165, 1.54) is 12.1 Å². The molecule has 20 heavy (non-hydrogen) atoms. The molecule has 102 valence electrons. The van der Waals surface area contributed by atoms with Crippen molar-refractivity contribution < 1.29 is 69.1 Å². The summed E-state index contributed by atoms with van der Waals surface area (Å²) in [5.41, 5.74) is -0.644. The van der Waals surface area contributed by atoms with Crippen LogP contribution >= 0.6 is 0 Å². The van der Waals surface area contributed by atoms with Gasteiger partial charge >= 0.3 is 58.4 Å². The van der Waals surface area contributed by atoms with Gasteiger partial charge in [0.25, 0.3) is 0 Å². The Morgan fingerprint density at radius 3 is 2.65 bits per heavy atom. The Labute approximate surface area is 158 Å². The number of halogens is 3. The van der Waals surface area contributed by atoms with Crippen molar-refractivity contribution in [2.75, 3.05) is 6.61 Å². The summed E-state index contributed by atoms with van der Waals surface area (Å²) in [6, 6.07) is 4.94. The van der Waals surface area contributed by atoms with E-state index in [1.807, 2.05) is 17.8 Å². The standard InChI is InChI=1S/C12H13BF3N2O.K/c1-18-7-6-17-12(18)5-8-19-11-4-2-3-10(9-11)13(14,15)16;/h2-4,6-7,9H,5,8H2,1H3;/q-1;+1. The summed E-state index contributed by atoms with van der Waals surface area (Å²) < 4.78 is 44.9. The summed E-state index contributed by atoms with van der Waals surface area (Å²) in [6.45, 7) is -4.69. The van der Waals surface area contributed by atoms with Crippen LogP contribution in [0, 0.1) is 0 Å². The van der Waals surface area contributed by atoms with Gasteiger partial charge in [-0.15, -0.1) is 5.46 Å². The third kappa shape index (κ3) is 4.92. The maximum atomic E-state index is 12.6. The zero-order valence-electron chi connectivity index (χ0n) is 11.4. The first kappa shape index (κ1) is 17.8. The molecule has 0 saturated heterocycles. The van der Waals surface area contributed by atoms with Crippen molar-refractivity contribution in [1.29, 1.82) is 0 Å². The van der Waals surface area contributed by atoms with Crippen LogP contribution in [0.4, 0.5) is 12.9 Å². The molecule has 1 aromatic carbocycles. The fraction of sp³-hybridized carbons (Fsp3) is 0.250. The van der Waals surface area contributed by atoms with Crippen LogP contribution in [0.5, 0.6) is 5.75 Å². The van der Waals surface area contributed by atoms with Crippen molar-refractivity contribution in [2.45, 2.75) is 6.42 Å². The second-order valence-corrected chi connectivity index (χ2v) is 4.20. The van der Waals surface area contributed by atoms with Crippen molar-refractivity contribution in [2.24, 2.45) is 7.05 Å². The zero-order valence-corrected chi connectivity index (χ0v) is 14.5. The Morgan fingerprint density at radius 2 is 2.05 bits per heavy atom. The molecule has 0 amide bonds. The Bertz CT molecular complexity index is 560. The first-order valence-electron chi connectivity index (χ1n) is 5.86. The average molecular weight is 308 g/mol. The van der Waals surface area contributed by atoms with Gasteiger partial charge in [0.05, 0.1) is 6.61 Å². The fourth-order valence-electron chi connectivity index (χ4n) is 1.71. The number of imidazole rings is 1. The Balaban J connectivity index is 0.00000200. The molecule has 0 unspecified atom stereocenters. The Morgan fingerprint density at radius 1 is 1.30 bits per heavy atom. The van der Waals surface area contributed by atoms with Crippen LogP contribution in [-0.4, -0.2) is 23.1 Å². The number of aryl methyl sites for hydroxylation is 1. The van der Waals surface area contributed by atoms with Gasteiger partial charge in [-0.2, -0.15) is 0 Å². The summed E-state index contributed by atoms with van der Waals surface area (Å²) in [5.74, 6) is 1.06. The Hall–Kier alpha value is -0.279. The van der Waals surface area contributed by atoms with E-state index in [0.29, 0.717) is 13.0 Å². The van der Waals surface area contributed by atoms with E-state index in [4.69, 9.17) is 4.74 Å². The van der Waals surface area contributed by atoms with E-state index in [-0.39, 0.29) is 57.1 Å². The van der Waals surface area contributed by atoms with E-state index in [0.717, 1.165) is 18.0 Å². The van der Waals surface area contributed by atoms with Crippen molar-refractivity contribution in [1.82, 2.24) is 9.55 Å². The summed E-state index contributed by atoms with van der Waals surface area (Å²) in [4.78, 5) is 4.11. The summed E-state index contributed by atoms with van der Waals surface area (Å²) in [7, 11) is 1.86. The maximum Gasteiger partial charge on any atom is 1.00 e. The molecule has 0 aliphatic carbocycles. The van der Waals surface area contributed by atoms with Crippen molar-refractivity contribution in [3.05, 3.63) is 42.5 Å². The van der Waals surface area contributed by atoms with Crippen molar-refractivity contribution in [3.63, 3.8) is 0 Å². The molecule has 0 aliphatic rings. The zero-order chi connectivity index (χ0) is 13.9. The third-order valence-corrected chi connectivity index (χ3v) is 2.75. The molecule has 0 N–H and O–H groups in total. The van der Waals surface area contributed by atoms with Gasteiger partial charge in [0.1, 0.15) is 11.6 Å². The molecule has 0 bridgehead atoms. The smallest absolute Gasteiger partial charge is 0.493 e. The minimum Gasteiger partial charge on any atom is -0.493 e. The molecule has 2 aromatic rings. The van der Waals surface area contributed by atoms with Gasteiger partial charge in [-0.05, 0) is 12.1 Å². The summed E-state index contributed by atoms with van der Waals surface area (Å²) >= 11 is 0. The van der Waals surface area contributed by atoms with Gasteiger partial charge in [0.15, 0.2) is 0 Å². The predicted octanol–water partition coefficient (Wildman–Crippen LogP) is -0.900. The SMILES string of the molecule is Cn1ccnc1CCOc1cccc([B-](F)(F)F)c1.[K+]. The molecule has 0 atom stereocenters. The van der Waals surface area contributed by atoms with Gasteiger partial charge in [0, 0.05) is 25.9 Å². The third-order valence-electron chi connectivity index (χ3n) is 2.75. The number of benzene rings is 1. The molecule has 1 aromatic heterocycles. The minimum absolute atomic E-state index is 0. The van der Waals surface area contributed by atoms with Gasteiger partial charge in [-0.1, -0.05) is 12.1 Å². The van der Waals surface area contributed by atoms with E-state index in [1.54, 1.807) is 6.20 Å². The van der Waals surface area contributed by atoms with Crippen molar-refractivity contribution >= 4 is 12.4 Å². The van der Waals surface area contributed by atoms with Gasteiger partial charge in [0.2, 0.25) is 0 Å². The largest absolute Gasteiger partial charge is 1.00 e. The van der Waals surface area contributed by atoms with Crippen LogP contribution in [0.3, 0.4) is 0 Å². The van der Waals surface area contributed by atoms with Crippen LogP contribution < -0.4 is 61.6 Å². The molecule has 0 spiro atoms. The first-order valence-corrected chi connectivity index (χ1v) is 5.86. The van der Waals surface area contributed by atoms with Crippen LogP contribution in [0.25, 0.3) is 0 Å². The molecule has 0 radical (unpaired) electrons. The van der Waals surface area contributed by atoms with E-state index >= 15 is 0 Å². The number of rotatable bonds is 5. The molecule has 0 fully saturated rings. The Kier molecular flexibility index (Phi) is 6.80. The van der Waals surface area contributed by atoms with Crippen LogP contribution in [0.15, 0.2) is 36.7 Å². The molecule has 1 heterocycles. The summed E-state index contributed by atoms with van der Waals surface area (Å²) in [6.07, 6.45) is 4.02. The van der Waals surface area contributed by atoms with Gasteiger partial charge in [-0.3, -0.25) is 0 Å². The molecule has 0 aliphatic heterocycles. The van der Waals surface area contributed by atoms with E-state index in [9.17, 15) is 12.9 Å². The monoisotopic (exact) mass is 308 g/mol. The van der Waals surface area contributed by atoms with Gasteiger partial charge < -0.3 is 22.3 Å². The molecule has 3 nitrogen and oxygen atoms in total. The van der Waals surface area contributed by atoms with E-state index in [2.05, 4.69) is 4.98 Å². The van der Waals surface area contributed by atoms with Crippen LogP contribution in [0.1, 0.15) is 5.82 Å². The second kappa shape index (κ2) is 7.65. The number of nitrogens with zero attached hydrogens (tertiary/aromatic N) is 2. The number of aromatic nitrogens is 2. The number of hydrogen-bond donors (Lipinski definition) is 0. The normalized spacial score (nSPS) is 11.0. The fourth-order valence-corrected chi connectivity index (χ4v) is 1.71. The van der Waals surface area contributed by atoms with Crippen LogP contribution in [-0.2, 0) is 13.5 Å². The molecular weight excluding hydrogens is 295 g/mol. The molecule has 0 saturated carbocycles. The maximum absolute atomic E-state index is 12.6. The number of ether oxygens (including phenoxy) is 1. The van der Waals surface area contributed by atoms with Gasteiger partial charge in [-0.25, -0.2) is 4.98 Å². The average Bonchev–Trinajstić information content (AvgIpc) is 2.75. The predicted molar refractivity (Wildman–Crippen MR) is 67.6 cm³/mol. The topological polar surface area (TPSA) is 27.1 Å². The molecule has 2 rings (SSSR count). The van der Waals surface area contributed by atoms with Crippen molar-refractivity contribution in [3.8, 4) is 5.75 Å². The summed E-state index contributed by atoms with van der Waals surface area (Å²) in [5, 5.41) is 0. The second-order valence-electron chi connectivity index (χ2n) is 4.20. The molecular formula is C12H13BF3KN2O. The minimum atomic E-state index is -4.98. The quantitative estimate of drug-likeness (QED) is 0.670. The molecule has 8 heteroatoms. The van der Waals surface area contributed by atoms with E-state index < -0.39 is 12.4 Å².